The maximum absolute atomic E-state index is 14.1. The van der Waals surface area contributed by atoms with Crippen LogP contribution in [0.3, 0.4) is 0 Å². The lowest BCUT2D eigenvalue weighted by molar-refractivity contribution is -0.139. The van der Waals surface area contributed by atoms with Crippen LogP contribution >= 0.6 is 11.6 Å². The molecule has 0 radical (unpaired) electrons. The molecule has 0 aliphatic heterocycles. The molecule has 0 heterocycles. The molecule has 0 aliphatic rings. The molecule has 2 amide bonds. The molecule has 3 aromatic rings. The summed E-state index contributed by atoms with van der Waals surface area (Å²) < 4.78 is 29.2. The molecule has 1 N–H and O–H groups in total. The van der Waals surface area contributed by atoms with Gasteiger partial charge in [-0.2, -0.15) is 0 Å². The zero-order chi connectivity index (χ0) is 30.0. The summed E-state index contributed by atoms with van der Waals surface area (Å²) in [5, 5.41) is 3.30. The largest absolute Gasteiger partial charge is 0.354 e. The minimum Gasteiger partial charge on any atom is -0.354 e. The highest BCUT2D eigenvalue weighted by Gasteiger charge is 2.34. The highest BCUT2D eigenvalue weighted by Crippen LogP contribution is 2.30. The topological polar surface area (TPSA) is 86.8 Å². The summed E-state index contributed by atoms with van der Waals surface area (Å²) in [5.41, 5.74) is 2.90. The molecule has 0 aromatic heterocycles. The quantitative estimate of drug-likeness (QED) is 0.234. The molecule has 0 bridgehead atoms. The summed E-state index contributed by atoms with van der Waals surface area (Å²) >= 11 is 6.30. The number of benzene rings is 3. The number of carbonyl (C=O) groups excluding carboxylic acids is 2. The molecule has 0 unspecified atom stereocenters. The van der Waals surface area contributed by atoms with Crippen LogP contribution in [-0.4, -0.2) is 50.8 Å². The second-order valence-electron chi connectivity index (χ2n) is 10.1. The fourth-order valence-corrected chi connectivity index (χ4v) is 6.24. The van der Waals surface area contributed by atoms with Gasteiger partial charge in [0, 0.05) is 18.1 Å². The first-order valence-electron chi connectivity index (χ1n) is 14.0. The number of rotatable bonds is 14. The van der Waals surface area contributed by atoms with Gasteiger partial charge in [-0.1, -0.05) is 86.0 Å². The van der Waals surface area contributed by atoms with Crippen LogP contribution in [0.25, 0.3) is 0 Å². The lowest BCUT2D eigenvalue weighted by Gasteiger charge is -2.33. The SMILES string of the molecule is CCCCNC(=O)[C@H](CC)N(CCc1ccccc1)C(=O)CN(c1cc(Cl)ccc1C)S(=O)(=O)c1ccc(C)cc1. The van der Waals surface area contributed by atoms with Crippen molar-refractivity contribution >= 4 is 39.1 Å². The van der Waals surface area contributed by atoms with E-state index in [1.54, 1.807) is 37.3 Å². The van der Waals surface area contributed by atoms with Gasteiger partial charge in [0.15, 0.2) is 0 Å². The lowest BCUT2D eigenvalue weighted by Crippen LogP contribution is -2.53. The molecule has 3 rings (SSSR count). The van der Waals surface area contributed by atoms with Crippen molar-refractivity contribution < 1.29 is 18.0 Å². The zero-order valence-electron chi connectivity index (χ0n) is 24.3. The molecular weight excluding hydrogens is 558 g/mol. The van der Waals surface area contributed by atoms with Crippen molar-refractivity contribution in [3.05, 3.63) is 94.5 Å². The van der Waals surface area contributed by atoms with Gasteiger partial charge in [-0.25, -0.2) is 8.42 Å². The maximum Gasteiger partial charge on any atom is 0.264 e. The summed E-state index contributed by atoms with van der Waals surface area (Å²) in [4.78, 5) is 29.0. The van der Waals surface area contributed by atoms with Gasteiger partial charge in [0.1, 0.15) is 12.6 Å². The Morgan fingerprint density at radius 2 is 1.63 bits per heavy atom. The Morgan fingerprint density at radius 3 is 2.27 bits per heavy atom. The van der Waals surface area contributed by atoms with Gasteiger partial charge >= 0.3 is 0 Å². The van der Waals surface area contributed by atoms with Gasteiger partial charge in [0.05, 0.1) is 10.6 Å². The van der Waals surface area contributed by atoms with Crippen LogP contribution in [-0.2, 0) is 26.0 Å². The van der Waals surface area contributed by atoms with E-state index in [1.807, 2.05) is 51.1 Å². The van der Waals surface area contributed by atoms with E-state index in [0.29, 0.717) is 35.7 Å². The number of carbonyl (C=O) groups is 2. The van der Waals surface area contributed by atoms with Crippen molar-refractivity contribution in [3.8, 4) is 0 Å². The van der Waals surface area contributed by atoms with Gasteiger partial charge in [-0.3, -0.25) is 13.9 Å². The third-order valence-electron chi connectivity index (χ3n) is 7.03. The van der Waals surface area contributed by atoms with Crippen LogP contribution in [0.5, 0.6) is 0 Å². The number of amides is 2. The molecule has 0 fully saturated rings. The average Bonchev–Trinajstić information content (AvgIpc) is 2.96. The molecule has 0 spiro atoms. The van der Waals surface area contributed by atoms with Crippen molar-refractivity contribution in [3.63, 3.8) is 0 Å². The number of halogens is 1. The van der Waals surface area contributed by atoms with Crippen molar-refractivity contribution in [1.82, 2.24) is 10.2 Å². The fraction of sp³-hybridized carbons (Fsp3) is 0.375. The van der Waals surface area contributed by atoms with E-state index < -0.39 is 28.5 Å². The molecule has 9 heteroatoms. The van der Waals surface area contributed by atoms with Crippen LogP contribution in [0.15, 0.2) is 77.7 Å². The molecule has 220 valence electrons. The number of hydrogen-bond acceptors (Lipinski definition) is 4. The molecule has 0 aliphatic carbocycles. The van der Waals surface area contributed by atoms with E-state index in [-0.39, 0.29) is 17.3 Å². The van der Waals surface area contributed by atoms with Crippen LogP contribution in [0.1, 0.15) is 49.8 Å². The normalized spacial score (nSPS) is 12.0. The monoisotopic (exact) mass is 597 g/mol. The molecule has 3 aromatic carbocycles. The lowest BCUT2D eigenvalue weighted by atomic mass is 10.1. The predicted octanol–water partition coefficient (Wildman–Crippen LogP) is 5.92. The van der Waals surface area contributed by atoms with Gasteiger partial charge in [-0.15, -0.1) is 0 Å². The van der Waals surface area contributed by atoms with Crippen LogP contribution < -0.4 is 9.62 Å². The van der Waals surface area contributed by atoms with E-state index >= 15 is 0 Å². The Morgan fingerprint density at radius 1 is 0.951 bits per heavy atom. The molecule has 0 saturated heterocycles. The van der Waals surface area contributed by atoms with E-state index in [2.05, 4.69) is 5.32 Å². The second kappa shape index (κ2) is 15.0. The summed E-state index contributed by atoms with van der Waals surface area (Å²) in [6.45, 7) is 7.84. The highest BCUT2D eigenvalue weighted by atomic mass is 35.5. The Balaban J connectivity index is 2.02. The Bertz CT molecular complexity index is 1410. The molecular formula is C32H40ClN3O4S. The molecule has 1 atom stereocenters. The first-order chi connectivity index (χ1) is 19.6. The third kappa shape index (κ3) is 8.57. The first kappa shape index (κ1) is 32.2. The second-order valence-corrected chi connectivity index (χ2v) is 12.4. The minimum absolute atomic E-state index is 0.0652. The maximum atomic E-state index is 14.1. The van der Waals surface area contributed by atoms with Crippen molar-refractivity contribution in [2.45, 2.75) is 64.3 Å². The van der Waals surface area contributed by atoms with Crippen LogP contribution in [0, 0.1) is 13.8 Å². The van der Waals surface area contributed by atoms with E-state index in [9.17, 15) is 18.0 Å². The van der Waals surface area contributed by atoms with Crippen molar-refractivity contribution in [1.29, 1.82) is 0 Å². The molecule has 41 heavy (non-hydrogen) atoms. The standard InChI is InChI=1S/C32H40ClN3O4S/c1-5-7-20-34-32(38)29(6-2)35(21-19-26-11-9-8-10-12-26)31(37)23-36(30-22-27(33)16-15-25(30)4)41(39,40)28-17-13-24(3)14-18-28/h8-18,22,29H,5-7,19-21,23H2,1-4H3,(H,34,38)/t29-/m0/s1. The number of hydrogen-bond donors (Lipinski definition) is 1. The summed E-state index contributed by atoms with van der Waals surface area (Å²) in [7, 11) is -4.15. The van der Waals surface area contributed by atoms with E-state index in [1.165, 1.54) is 17.0 Å². The zero-order valence-corrected chi connectivity index (χ0v) is 25.8. The third-order valence-corrected chi connectivity index (χ3v) is 9.04. The van der Waals surface area contributed by atoms with Gasteiger partial charge < -0.3 is 10.2 Å². The Hall–Kier alpha value is -3.36. The van der Waals surface area contributed by atoms with Gasteiger partial charge in [0.2, 0.25) is 11.8 Å². The van der Waals surface area contributed by atoms with Gasteiger partial charge in [0.25, 0.3) is 10.0 Å². The van der Waals surface area contributed by atoms with Crippen molar-refractivity contribution in [2.24, 2.45) is 0 Å². The summed E-state index contributed by atoms with van der Waals surface area (Å²) in [6.07, 6.45) is 2.67. The first-order valence-corrected chi connectivity index (χ1v) is 15.9. The summed E-state index contributed by atoms with van der Waals surface area (Å²) in [5.74, 6) is -0.706. The predicted molar refractivity (Wildman–Crippen MR) is 166 cm³/mol. The van der Waals surface area contributed by atoms with Gasteiger partial charge in [-0.05, 0) is 68.5 Å². The van der Waals surface area contributed by atoms with Crippen molar-refractivity contribution in [2.75, 3.05) is 23.9 Å². The minimum atomic E-state index is -4.15. The molecule has 0 saturated carbocycles. The average molecular weight is 598 g/mol. The molecule has 7 nitrogen and oxygen atoms in total. The number of nitrogens with zero attached hydrogens (tertiary/aromatic N) is 2. The highest BCUT2D eigenvalue weighted by molar-refractivity contribution is 7.92. The summed E-state index contributed by atoms with van der Waals surface area (Å²) in [6, 6.07) is 20.4. The number of sulfonamides is 1. The van der Waals surface area contributed by atoms with E-state index in [4.69, 9.17) is 11.6 Å². The Kier molecular flexibility index (Phi) is 11.8. The number of anilines is 1. The number of nitrogens with one attached hydrogen (secondary N) is 1. The number of unbranched alkanes of at least 4 members (excludes halogenated alkanes) is 1. The Labute approximate surface area is 249 Å². The number of aryl methyl sites for hydroxylation is 2. The smallest absolute Gasteiger partial charge is 0.264 e. The fourth-order valence-electron chi connectivity index (χ4n) is 4.60. The van der Waals surface area contributed by atoms with Crippen LogP contribution in [0.2, 0.25) is 5.02 Å². The van der Waals surface area contributed by atoms with Crippen LogP contribution in [0.4, 0.5) is 5.69 Å². The van der Waals surface area contributed by atoms with E-state index in [0.717, 1.165) is 28.3 Å².